The molecule has 0 spiro atoms. The highest BCUT2D eigenvalue weighted by molar-refractivity contribution is 7.89. The summed E-state index contributed by atoms with van der Waals surface area (Å²) in [6.45, 7) is 4.75. The van der Waals surface area contributed by atoms with E-state index in [0.717, 1.165) is 12.5 Å². The summed E-state index contributed by atoms with van der Waals surface area (Å²) in [6.07, 6.45) is -0.842. The molecule has 2 atom stereocenters. The number of carbonyl (C=O) groups excluding carboxylic acids is 1. The zero-order chi connectivity index (χ0) is 18.1. The summed E-state index contributed by atoms with van der Waals surface area (Å²) in [5, 5.41) is 8.43. The van der Waals surface area contributed by atoms with E-state index in [1.54, 1.807) is 0 Å². The quantitative estimate of drug-likeness (QED) is 0.644. The number of sulfonamides is 1. The van der Waals surface area contributed by atoms with Crippen LogP contribution in [-0.4, -0.2) is 43.0 Å². The summed E-state index contributed by atoms with van der Waals surface area (Å²) in [5.74, 6) is -0.760. The van der Waals surface area contributed by atoms with Crippen molar-refractivity contribution in [1.29, 1.82) is 0 Å². The van der Waals surface area contributed by atoms with Gasteiger partial charge in [0.2, 0.25) is 10.0 Å². The number of nitrogens with zero attached hydrogens (tertiary/aromatic N) is 1. The second-order valence-electron chi connectivity index (χ2n) is 6.07. The average molecular weight is 376 g/mol. The van der Waals surface area contributed by atoms with Crippen LogP contribution in [0.4, 0.5) is 4.79 Å². The lowest BCUT2D eigenvalue weighted by atomic mass is 9.94. The van der Waals surface area contributed by atoms with E-state index >= 15 is 0 Å². The van der Waals surface area contributed by atoms with Crippen molar-refractivity contribution in [2.45, 2.75) is 25.2 Å². The molecule has 9 heteroatoms. The highest BCUT2D eigenvalue weighted by Crippen LogP contribution is 2.28. The Morgan fingerprint density at radius 1 is 1.25 bits per heavy atom. The van der Waals surface area contributed by atoms with E-state index in [1.807, 2.05) is 13.8 Å². The number of benzene rings is 1. The molecule has 24 heavy (non-hydrogen) atoms. The number of carboxylic acid groups (broad SMARTS) is 1. The number of hydrogen-bond acceptors (Lipinski definition) is 5. The first-order valence-electron chi connectivity index (χ1n) is 7.36. The molecular weight excluding hydrogens is 358 g/mol. The minimum absolute atomic E-state index is 0.0828. The Bertz CT molecular complexity index is 753. The largest absolute Gasteiger partial charge is 0.513 e. The van der Waals surface area contributed by atoms with Gasteiger partial charge in [-0.3, -0.25) is 0 Å². The smallest absolute Gasteiger partial charge is 0.449 e. The molecule has 1 aliphatic heterocycles. The topological polar surface area (TPSA) is 101 Å². The monoisotopic (exact) mass is 375 g/mol. The van der Waals surface area contributed by atoms with Crippen molar-refractivity contribution < 1.29 is 27.9 Å². The number of hydrogen-bond donors (Lipinski definition) is 1. The number of ether oxygens (including phenoxy) is 1. The standard InChI is InChI=1S/C15H18ClNO6S/c1-9-5-10(2)8-17(7-9)24(21,22)11-3-4-13(16)12(6-11)14(18)23-15(19)20/h3-4,6,9-10H,5,7-8H2,1-2H3,(H,19,20). The highest BCUT2D eigenvalue weighted by atomic mass is 35.5. The molecule has 1 saturated heterocycles. The van der Waals surface area contributed by atoms with E-state index in [-0.39, 0.29) is 27.3 Å². The number of halogens is 1. The van der Waals surface area contributed by atoms with Crippen molar-refractivity contribution in [3.8, 4) is 0 Å². The lowest BCUT2D eigenvalue weighted by molar-refractivity contribution is 0.0509. The fourth-order valence-electron chi connectivity index (χ4n) is 2.91. The third-order valence-corrected chi connectivity index (χ3v) is 5.97. The normalized spacial score (nSPS) is 22.1. The fraction of sp³-hybridized carbons (Fsp3) is 0.467. The first-order valence-corrected chi connectivity index (χ1v) is 9.18. The van der Waals surface area contributed by atoms with Gasteiger partial charge in [-0.25, -0.2) is 18.0 Å². The van der Waals surface area contributed by atoms with Gasteiger partial charge in [0.25, 0.3) is 0 Å². The van der Waals surface area contributed by atoms with E-state index in [0.29, 0.717) is 13.1 Å². The number of carbonyl (C=O) groups is 2. The second kappa shape index (κ2) is 7.08. The van der Waals surface area contributed by atoms with Gasteiger partial charge in [-0.1, -0.05) is 25.4 Å². The van der Waals surface area contributed by atoms with Gasteiger partial charge in [0.15, 0.2) is 0 Å². The Morgan fingerprint density at radius 2 is 1.83 bits per heavy atom. The van der Waals surface area contributed by atoms with Crippen molar-refractivity contribution in [3.63, 3.8) is 0 Å². The Hall–Kier alpha value is -1.64. The molecule has 2 unspecified atom stereocenters. The Labute approximate surface area is 145 Å². The van der Waals surface area contributed by atoms with Gasteiger partial charge in [0.1, 0.15) is 0 Å². The van der Waals surface area contributed by atoms with E-state index in [9.17, 15) is 18.0 Å². The third kappa shape index (κ3) is 4.06. The predicted molar refractivity (Wildman–Crippen MR) is 86.6 cm³/mol. The molecule has 0 amide bonds. The maximum absolute atomic E-state index is 12.8. The average Bonchev–Trinajstić information content (AvgIpc) is 2.45. The highest BCUT2D eigenvalue weighted by Gasteiger charge is 2.32. The van der Waals surface area contributed by atoms with E-state index in [1.165, 1.54) is 16.4 Å². The zero-order valence-electron chi connectivity index (χ0n) is 13.2. The maximum Gasteiger partial charge on any atom is 0.513 e. The molecule has 0 aliphatic carbocycles. The molecule has 1 aliphatic rings. The van der Waals surface area contributed by atoms with Crippen LogP contribution in [0, 0.1) is 11.8 Å². The van der Waals surface area contributed by atoms with Crippen molar-refractivity contribution in [2.24, 2.45) is 11.8 Å². The van der Waals surface area contributed by atoms with Gasteiger partial charge in [0, 0.05) is 13.1 Å². The molecule has 2 rings (SSSR count). The first-order chi connectivity index (χ1) is 11.1. The van der Waals surface area contributed by atoms with Gasteiger partial charge in [-0.2, -0.15) is 4.31 Å². The molecule has 0 bridgehead atoms. The molecule has 1 fully saturated rings. The second-order valence-corrected chi connectivity index (χ2v) is 8.41. The van der Waals surface area contributed by atoms with Gasteiger partial charge in [0.05, 0.1) is 15.5 Å². The van der Waals surface area contributed by atoms with Crippen LogP contribution < -0.4 is 0 Å². The lowest BCUT2D eigenvalue weighted by Gasteiger charge is -2.34. The minimum Gasteiger partial charge on any atom is -0.449 e. The number of rotatable bonds is 3. The number of esters is 1. The van der Waals surface area contributed by atoms with Gasteiger partial charge < -0.3 is 9.84 Å². The molecular formula is C15H18ClNO6S. The molecule has 1 heterocycles. The van der Waals surface area contributed by atoms with Crippen molar-refractivity contribution >= 4 is 33.7 Å². The Kier molecular flexibility index (Phi) is 5.52. The zero-order valence-corrected chi connectivity index (χ0v) is 14.8. The van der Waals surface area contributed by atoms with Crippen LogP contribution >= 0.6 is 11.6 Å². The van der Waals surface area contributed by atoms with Crippen LogP contribution in [0.2, 0.25) is 5.02 Å². The van der Waals surface area contributed by atoms with Crippen molar-refractivity contribution in [3.05, 3.63) is 28.8 Å². The van der Waals surface area contributed by atoms with Crippen LogP contribution in [-0.2, 0) is 14.8 Å². The van der Waals surface area contributed by atoms with Crippen LogP contribution in [0.5, 0.6) is 0 Å². The van der Waals surface area contributed by atoms with Crippen LogP contribution in [0.3, 0.4) is 0 Å². The summed E-state index contributed by atoms with van der Waals surface area (Å²) >= 11 is 5.85. The van der Waals surface area contributed by atoms with Crippen molar-refractivity contribution in [2.75, 3.05) is 13.1 Å². The molecule has 7 nitrogen and oxygen atoms in total. The lowest BCUT2D eigenvalue weighted by Crippen LogP contribution is -2.42. The van der Waals surface area contributed by atoms with Gasteiger partial charge in [-0.05, 0) is 36.5 Å². The molecule has 0 saturated carbocycles. The van der Waals surface area contributed by atoms with Crippen LogP contribution in [0.25, 0.3) is 0 Å². The Morgan fingerprint density at radius 3 is 2.38 bits per heavy atom. The molecule has 0 aromatic heterocycles. The van der Waals surface area contributed by atoms with Crippen LogP contribution in [0.1, 0.15) is 30.6 Å². The number of piperidine rings is 1. The predicted octanol–water partition coefficient (Wildman–Crippen LogP) is 2.84. The molecule has 1 aromatic carbocycles. The first kappa shape index (κ1) is 18.7. The maximum atomic E-state index is 12.8. The SMILES string of the molecule is CC1CC(C)CN(S(=O)(=O)c2ccc(Cl)c(C(=O)OC(=O)O)c2)C1. The van der Waals surface area contributed by atoms with Crippen LogP contribution in [0.15, 0.2) is 23.1 Å². The molecule has 1 N–H and O–H groups in total. The fourth-order valence-corrected chi connectivity index (χ4v) is 4.81. The minimum atomic E-state index is -3.81. The van der Waals surface area contributed by atoms with E-state index in [2.05, 4.69) is 4.74 Å². The molecule has 1 aromatic rings. The molecule has 132 valence electrons. The third-order valence-electron chi connectivity index (χ3n) is 3.81. The van der Waals surface area contributed by atoms with Gasteiger partial charge in [-0.15, -0.1) is 0 Å². The summed E-state index contributed by atoms with van der Waals surface area (Å²) in [6, 6.07) is 3.58. The van der Waals surface area contributed by atoms with E-state index < -0.39 is 22.1 Å². The summed E-state index contributed by atoms with van der Waals surface area (Å²) in [7, 11) is -3.81. The summed E-state index contributed by atoms with van der Waals surface area (Å²) in [5.41, 5.74) is -0.307. The summed E-state index contributed by atoms with van der Waals surface area (Å²) in [4.78, 5) is 22.1. The van der Waals surface area contributed by atoms with E-state index in [4.69, 9.17) is 16.7 Å². The van der Waals surface area contributed by atoms with Gasteiger partial charge >= 0.3 is 12.1 Å². The van der Waals surface area contributed by atoms with Crippen molar-refractivity contribution in [1.82, 2.24) is 4.31 Å². The Balaban J connectivity index is 2.37. The molecule has 0 radical (unpaired) electrons. The summed E-state index contributed by atoms with van der Waals surface area (Å²) < 4.78 is 31.0.